The van der Waals surface area contributed by atoms with E-state index in [1.807, 2.05) is 6.07 Å². The van der Waals surface area contributed by atoms with Crippen LogP contribution in [0.15, 0.2) is 41.2 Å². The van der Waals surface area contributed by atoms with E-state index in [1.54, 1.807) is 19.2 Å². The number of aromatic nitrogens is 1. The molecule has 0 bridgehead atoms. The number of H-pyrrole nitrogens is 1. The van der Waals surface area contributed by atoms with Crippen molar-refractivity contribution < 1.29 is 9.84 Å². The quantitative estimate of drug-likeness (QED) is 0.558. The maximum atomic E-state index is 11.7. The van der Waals surface area contributed by atoms with Gasteiger partial charge in [-0.15, -0.1) is 0 Å². The molecule has 30 heavy (non-hydrogen) atoms. The smallest absolute Gasteiger partial charge is 0.248 e. The summed E-state index contributed by atoms with van der Waals surface area (Å²) in [6.45, 7) is 5.11. The topological polar surface area (TPSA) is 74.3 Å². The van der Waals surface area contributed by atoms with E-state index in [4.69, 9.17) is 4.74 Å². The zero-order valence-electron chi connectivity index (χ0n) is 17.9. The summed E-state index contributed by atoms with van der Waals surface area (Å²) in [5.74, 6) is 0.0685. The number of phenols is 1. The number of aryl methyl sites for hydroxylation is 2. The number of benzene rings is 2. The van der Waals surface area contributed by atoms with Crippen LogP contribution in [0.2, 0.25) is 0 Å². The second-order valence-corrected chi connectivity index (χ2v) is 8.12. The third-order valence-corrected chi connectivity index (χ3v) is 6.35. The molecule has 5 heteroatoms. The number of phenolic OH excluding ortho intramolecular Hbond substituents is 1. The van der Waals surface area contributed by atoms with Crippen LogP contribution < -0.4 is 10.9 Å². The van der Waals surface area contributed by atoms with E-state index < -0.39 is 0 Å². The minimum absolute atomic E-state index is 0.0685. The molecule has 1 aliphatic carbocycles. The van der Waals surface area contributed by atoms with Crippen molar-refractivity contribution in [1.29, 1.82) is 0 Å². The summed E-state index contributed by atoms with van der Waals surface area (Å²) in [6.07, 6.45) is 4.05. The molecule has 1 atom stereocenters. The zero-order chi connectivity index (χ0) is 21.3. The molecule has 0 fully saturated rings. The van der Waals surface area contributed by atoms with Gasteiger partial charge in [0.1, 0.15) is 5.75 Å². The van der Waals surface area contributed by atoms with E-state index in [2.05, 4.69) is 36.3 Å². The summed E-state index contributed by atoms with van der Waals surface area (Å²) in [5.41, 5.74) is 7.03. The normalized spacial score (nSPS) is 14.9. The first-order chi connectivity index (χ1) is 14.5. The maximum Gasteiger partial charge on any atom is 0.248 e. The van der Waals surface area contributed by atoms with Gasteiger partial charge in [0.25, 0.3) is 0 Å². The molecule has 1 aliphatic rings. The van der Waals surface area contributed by atoms with Gasteiger partial charge in [0.2, 0.25) is 5.56 Å². The van der Waals surface area contributed by atoms with E-state index in [1.165, 1.54) is 28.3 Å². The molecule has 0 amide bonds. The molecule has 0 saturated heterocycles. The molecule has 5 nitrogen and oxygen atoms in total. The van der Waals surface area contributed by atoms with E-state index in [0.29, 0.717) is 18.1 Å². The minimum Gasteiger partial charge on any atom is -0.506 e. The van der Waals surface area contributed by atoms with Crippen LogP contribution in [0, 0.1) is 0 Å². The van der Waals surface area contributed by atoms with Crippen LogP contribution in [-0.2, 0) is 30.4 Å². The minimum atomic E-state index is -0.233. The van der Waals surface area contributed by atoms with Crippen LogP contribution in [0.1, 0.15) is 47.8 Å². The number of aromatic hydroxyl groups is 1. The second-order valence-electron chi connectivity index (χ2n) is 8.12. The average molecular weight is 407 g/mol. The molecular weight excluding hydrogens is 376 g/mol. The lowest BCUT2D eigenvalue weighted by atomic mass is 9.97. The van der Waals surface area contributed by atoms with Crippen LogP contribution in [0.4, 0.5) is 0 Å². The number of hydrogen-bond donors (Lipinski definition) is 3. The molecular formula is C25H30N2O3. The highest BCUT2D eigenvalue weighted by molar-refractivity contribution is 5.87. The fourth-order valence-electron chi connectivity index (χ4n) is 4.71. The summed E-state index contributed by atoms with van der Waals surface area (Å²) >= 11 is 0. The number of ether oxygens (including phenoxy) is 1. The molecule has 2 aromatic carbocycles. The number of aromatic amines is 1. The first-order valence-corrected chi connectivity index (χ1v) is 10.8. The standard InChI is InChI=1S/C25H30N2O3/c1-4-15-10-17-12-19(13-18(17)11-16(15)5-2)26-14-23(30-3)20-6-8-22(28)25-21(20)7-9-24(29)27-25/h6-11,19,23,26,28H,4-5,12-14H2,1-3H3,(H,27,29). The van der Waals surface area contributed by atoms with Crippen molar-refractivity contribution in [2.45, 2.75) is 51.7 Å². The van der Waals surface area contributed by atoms with Crippen LogP contribution in [-0.4, -0.2) is 29.8 Å². The molecule has 0 spiro atoms. The number of pyridine rings is 1. The molecule has 4 rings (SSSR count). The van der Waals surface area contributed by atoms with Crippen molar-refractivity contribution in [2.75, 3.05) is 13.7 Å². The number of rotatable bonds is 7. The van der Waals surface area contributed by atoms with Crippen molar-refractivity contribution in [3.63, 3.8) is 0 Å². The van der Waals surface area contributed by atoms with Gasteiger partial charge < -0.3 is 20.1 Å². The lowest BCUT2D eigenvalue weighted by Crippen LogP contribution is -2.33. The molecule has 1 unspecified atom stereocenters. The second kappa shape index (κ2) is 8.62. The summed E-state index contributed by atoms with van der Waals surface area (Å²) in [4.78, 5) is 14.4. The van der Waals surface area contributed by atoms with Crippen LogP contribution in [0.5, 0.6) is 5.75 Å². The summed E-state index contributed by atoms with van der Waals surface area (Å²) in [7, 11) is 1.70. The molecule has 0 aliphatic heterocycles. The predicted molar refractivity (Wildman–Crippen MR) is 120 cm³/mol. The van der Waals surface area contributed by atoms with Crippen LogP contribution >= 0.6 is 0 Å². The van der Waals surface area contributed by atoms with E-state index >= 15 is 0 Å². The summed E-state index contributed by atoms with van der Waals surface area (Å²) < 4.78 is 5.79. The van der Waals surface area contributed by atoms with Gasteiger partial charge in [-0.3, -0.25) is 4.79 Å². The Morgan fingerprint density at radius 1 is 1.10 bits per heavy atom. The summed E-state index contributed by atoms with van der Waals surface area (Å²) in [5, 5.41) is 14.6. The molecule has 3 aromatic rings. The highest BCUT2D eigenvalue weighted by Gasteiger charge is 2.24. The number of methoxy groups -OCH3 is 1. The Morgan fingerprint density at radius 2 is 1.77 bits per heavy atom. The molecule has 0 radical (unpaired) electrons. The Kier molecular flexibility index (Phi) is 5.93. The Bertz CT molecular complexity index is 1090. The highest BCUT2D eigenvalue weighted by atomic mass is 16.5. The fourth-order valence-corrected chi connectivity index (χ4v) is 4.71. The number of hydrogen-bond acceptors (Lipinski definition) is 4. The van der Waals surface area contributed by atoms with Gasteiger partial charge in [-0.2, -0.15) is 0 Å². The lowest BCUT2D eigenvalue weighted by molar-refractivity contribution is 0.101. The van der Waals surface area contributed by atoms with Crippen molar-refractivity contribution in [3.8, 4) is 5.75 Å². The van der Waals surface area contributed by atoms with E-state index in [-0.39, 0.29) is 17.4 Å². The number of nitrogens with one attached hydrogen (secondary N) is 2. The molecule has 3 N–H and O–H groups in total. The predicted octanol–water partition coefficient (Wildman–Crippen LogP) is 3.80. The Labute approximate surface area is 177 Å². The van der Waals surface area contributed by atoms with Crippen molar-refractivity contribution in [3.05, 3.63) is 74.6 Å². The molecule has 0 saturated carbocycles. The van der Waals surface area contributed by atoms with Crippen molar-refractivity contribution >= 4 is 10.9 Å². The van der Waals surface area contributed by atoms with Gasteiger partial charge in [0.15, 0.2) is 0 Å². The Morgan fingerprint density at radius 3 is 2.37 bits per heavy atom. The first-order valence-electron chi connectivity index (χ1n) is 10.8. The zero-order valence-corrected chi connectivity index (χ0v) is 17.9. The van der Waals surface area contributed by atoms with Crippen molar-refractivity contribution in [1.82, 2.24) is 10.3 Å². The Balaban J connectivity index is 1.51. The van der Waals surface area contributed by atoms with Gasteiger partial charge in [-0.1, -0.05) is 32.0 Å². The van der Waals surface area contributed by atoms with Crippen molar-refractivity contribution in [2.24, 2.45) is 0 Å². The average Bonchev–Trinajstić information content (AvgIpc) is 3.16. The third kappa shape index (κ3) is 3.87. The van der Waals surface area contributed by atoms with E-state index in [0.717, 1.165) is 36.6 Å². The van der Waals surface area contributed by atoms with E-state index in [9.17, 15) is 9.90 Å². The Hall–Kier alpha value is -2.63. The van der Waals surface area contributed by atoms with Crippen LogP contribution in [0.25, 0.3) is 10.9 Å². The van der Waals surface area contributed by atoms with Crippen LogP contribution in [0.3, 0.4) is 0 Å². The van der Waals surface area contributed by atoms with Gasteiger partial charge >= 0.3 is 0 Å². The monoisotopic (exact) mass is 406 g/mol. The molecule has 1 aromatic heterocycles. The molecule has 1 heterocycles. The first kappa shape index (κ1) is 20.6. The highest BCUT2D eigenvalue weighted by Crippen LogP contribution is 2.31. The fraction of sp³-hybridized carbons (Fsp3) is 0.400. The number of fused-ring (bicyclic) bond motifs is 2. The lowest BCUT2D eigenvalue weighted by Gasteiger charge is -2.21. The summed E-state index contributed by atoms with van der Waals surface area (Å²) in [6, 6.07) is 11.9. The van der Waals surface area contributed by atoms with Gasteiger partial charge in [-0.25, -0.2) is 0 Å². The largest absolute Gasteiger partial charge is 0.506 e. The SMILES string of the molecule is CCc1cc2c(cc1CC)CC(NCC(OC)c1ccc(O)c3[nH]c(=O)ccc13)C2. The van der Waals surface area contributed by atoms with Gasteiger partial charge in [-0.05, 0) is 65.6 Å². The maximum absolute atomic E-state index is 11.7. The van der Waals surface area contributed by atoms with Gasteiger partial charge in [0, 0.05) is 31.1 Å². The van der Waals surface area contributed by atoms with Gasteiger partial charge in [0.05, 0.1) is 11.6 Å². The third-order valence-electron chi connectivity index (χ3n) is 6.35. The molecule has 158 valence electrons.